The monoisotopic (exact) mass is 383 g/mol. The fourth-order valence-corrected chi connectivity index (χ4v) is 3.31. The van der Waals surface area contributed by atoms with Crippen molar-refractivity contribution in [3.05, 3.63) is 69.7 Å². The molecule has 0 saturated heterocycles. The molecular formula is C18H19Cl2NO2S. The summed E-state index contributed by atoms with van der Waals surface area (Å²) in [6, 6.07) is 15.1. The third-order valence-electron chi connectivity index (χ3n) is 3.37. The van der Waals surface area contributed by atoms with Gasteiger partial charge in [0.25, 0.3) is 5.91 Å². The molecular weight excluding hydrogens is 365 g/mol. The SMILES string of the molecule is CO[C@@H](C(=O)NCCSCc1ccc(Cl)c(Cl)c1)c1ccccc1. The number of methoxy groups -OCH3 is 1. The molecule has 3 nitrogen and oxygen atoms in total. The standard InChI is InChI=1S/C18H19Cl2NO2S/c1-23-17(14-5-3-2-4-6-14)18(22)21-9-10-24-12-13-7-8-15(19)16(20)11-13/h2-8,11,17H,9-10,12H2,1H3,(H,21,22)/t17-/m1/s1. The lowest BCUT2D eigenvalue weighted by Crippen LogP contribution is -2.32. The van der Waals surface area contributed by atoms with Gasteiger partial charge in [0, 0.05) is 25.2 Å². The number of thioether (sulfide) groups is 1. The minimum Gasteiger partial charge on any atom is -0.367 e. The van der Waals surface area contributed by atoms with Gasteiger partial charge in [-0.25, -0.2) is 0 Å². The molecule has 128 valence electrons. The summed E-state index contributed by atoms with van der Waals surface area (Å²) < 4.78 is 5.30. The molecule has 24 heavy (non-hydrogen) atoms. The molecule has 2 aromatic carbocycles. The first kappa shape index (κ1) is 19.1. The van der Waals surface area contributed by atoms with Crippen molar-refractivity contribution >= 4 is 40.9 Å². The molecule has 0 saturated carbocycles. The maximum absolute atomic E-state index is 12.2. The van der Waals surface area contributed by atoms with E-state index >= 15 is 0 Å². The lowest BCUT2D eigenvalue weighted by molar-refractivity contribution is -0.131. The number of carbonyl (C=O) groups excluding carboxylic acids is 1. The number of carbonyl (C=O) groups is 1. The van der Waals surface area contributed by atoms with E-state index in [0.717, 1.165) is 22.6 Å². The lowest BCUT2D eigenvalue weighted by Gasteiger charge is -2.15. The Bertz CT molecular complexity index is 667. The van der Waals surface area contributed by atoms with E-state index in [1.54, 1.807) is 17.8 Å². The van der Waals surface area contributed by atoms with Gasteiger partial charge in [-0.3, -0.25) is 4.79 Å². The molecule has 2 rings (SSSR count). The number of hydrogen-bond acceptors (Lipinski definition) is 3. The average molecular weight is 384 g/mol. The zero-order valence-electron chi connectivity index (χ0n) is 13.3. The van der Waals surface area contributed by atoms with Gasteiger partial charge >= 0.3 is 0 Å². The van der Waals surface area contributed by atoms with E-state index in [0.29, 0.717) is 16.6 Å². The highest BCUT2D eigenvalue weighted by molar-refractivity contribution is 7.98. The molecule has 1 N–H and O–H groups in total. The van der Waals surface area contributed by atoms with E-state index < -0.39 is 6.10 Å². The molecule has 0 fully saturated rings. The Morgan fingerprint density at radius 2 is 1.92 bits per heavy atom. The highest BCUT2D eigenvalue weighted by Gasteiger charge is 2.18. The van der Waals surface area contributed by atoms with Gasteiger partial charge in [-0.2, -0.15) is 11.8 Å². The molecule has 1 amide bonds. The Hall–Kier alpha value is -1.20. The van der Waals surface area contributed by atoms with E-state index in [4.69, 9.17) is 27.9 Å². The maximum atomic E-state index is 12.2. The van der Waals surface area contributed by atoms with Gasteiger partial charge in [0.1, 0.15) is 0 Å². The molecule has 0 spiro atoms. The van der Waals surface area contributed by atoms with E-state index in [1.165, 1.54) is 7.11 Å². The first-order valence-electron chi connectivity index (χ1n) is 7.49. The summed E-state index contributed by atoms with van der Waals surface area (Å²) in [4.78, 5) is 12.2. The molecule has 0 aliphatic rings. The van der Waals surface area contributed by atoms with Crippen LogP contribution in [0.4, 0.5) is 0 Å². The second-order valence-electron chi connectivity index (χ2n) is 5.12. The summed E-state index contributed by atoms with van der Waals surface area (Å²) in [6.45, 7) is 0.581. The number of halogens is 2. The van der Waals surface area contributed by atoms with Crippen molar-refractivity contribution in [3.8, 4) is 0 Å². The van der Waals surface area contributed by atoms with Crippen molar-refractivity contribution in [2.75, 3.05) is 19.4 Å². The summed E-state index contributed by atoms with van der Waals surface area (Å²) >= 11 is 13.6. The third-order valence-corrected chi connectivity index (χ3v) is 5.14. The van der Waals surface area contributed by atoms with Crippen LogP contribution in [0.2, 0.25) is 10.0 Å². The highest BCUT2D eigenvalue weighted by Crippen LogP contribution is 2.24. The number of benzene rings is 2. The van der Waals surface area contributed by atoms with Gasteiger partial charge in [-0.05, 0) is 23.3 Å². The van der Waals surface area contributed by atoms with Crippen LogP contribution in [0.15, 0.2) is 48.5 Å². The summed E-state index contributed by atoms with van der Waals surface area (Å²) in [5, 5.41) is 4.03. The van der Waals surface area contributed by atoms with E-state index in [1.807, 2.05) is 42.5 Å². The normalized spacial score (nSPS) is 12.0. The van der Waals surface area contributed by atoms with Crippen LogP contribution in [0, 0.1) is 0 Å². The van der Waals surface area contributed by atoms with Gasteiger partial charge in [-0.15, -0.1) is 0 Å². The predicted octanol–water partition coefficient (Wildman–Crippen LogP) is 4.73. The zero-order chi connectivity index (χ0) is 17.4. The summed E-state index contributed by atoms with van der Waals surface area (Å²) in [7, 11) is 1.54. The van der Waals surface area contributed by atoms with Crippen LogP contribution >= 0.6 is 35.0 Å². The Morgan fingerprint density at radius 3 is 2.58 bits per heavy atom. The first-order chi connectivity index (χ1) is 11.6. The van der Waals surface area contributed by atoms with Crippen LogP contribution in [0.5, 0.6) is 0 Å². The second kappa shape index (κ2) is 9.94. The lowest BCUT2D eigenvalue weighted by atomic mass is 10.1. The Balaban J connectivity index is 1.73. The van der Waals surface area contributed by atoms with Crippen molar-refractivity contribution in [2.24, 2.45) is 0 Å². The van der Waals surface area contributed by atoms with Gasteiger partial charge in [0.15, 0.2) is 6.10 Å². The second-order valence-corrected chi connectivity index (χ2v) is 7.04. The summed E-state index contributed by atoms with van der Waals surface area (Å²) in [6.07, 6.45) is -0.578. The van der Waals surface area contributed by atoms with Gasteiger partial charge in [0.2, 0.25) is 0 Å². The van der Waals surface area contributed by atoms with Crippen LogP contribution in [0.25, 0.3) is 0 Å². The van der Waals surface area contributed by atoms with Gasteiger partial charge < -0.3 is 10.1 Å². The average Bonchev–Trinajstić information content (AvgIpc) is 2.59. The van der Waals surface area contributed by atoms with Crippen LogP contribution in [0.3, 0.4) is 0 Å². The van der Waals surface area contributed by atoms with Crippen LogP contribution < -0.4 is 5.32 Å². The Labute approximate surface area is 156 Å². The fraction of sp³-hybridized carbons (Fsp3) is 0.278. The predicted molar refractivity (Wildman–Crippen MR) is 102 cm³/mol. The molecule has 0 aromatic heterocycles. The van der Waals surface area contributed by atoms with E-state index in [-0.39, 0.29) is 5.91 Å². The minimum absolute atomic E-state index is 0.126. The van der Waals surface area contributed by atoms with E-state index in [2.05, 4.69) is 5.32 Å². The fourth-order valence-electron chi connectivity index (χ4n) is 2.18. The molecule has 1 atom stereocenters. The van der Waals surface area contributed by atoms with Crippen molar-refractivity contribution < 1.29 is 9.53 Å². The highest BCUT2D eigenvalue weighted by atomic mass is 35.5. The van der Waals surface area contributed by atoms with Gasteiger partial charge in [-0.1, -0.05) is 59.6 Å². The zero-order valence-corrected chi connectivity index (χ0v) is 15.6. The van der Waals surface area contributed by atoms with Crippen molar-refractivity contribution in [1.29, 1.82) is 0 Å². The number of rotatable bonds is 8. The molecule has 0 aliphatic carbocycles. The number of amides is 1. The molecule has 6 heteroatoms. The molecule has 2 aromatic rings. The molecule has 0 aliphatic heterocycles. The van der Waals surface area contributed by atoms with Gasteiger partial charge in [0.05, 0.1) is 10.0 Å². The van der Waals surface area contributed by atoms with Crippen molar-refractivity contribution in [2.45, 2.75) is 11.9 Å². The number of hydrogen-bond donors (Lipinski definition) is 1. The van der Waals surface area contributed by atoms with Crippen LogP contribution in [-0.4, -0.2) is 25.3 Å². The molecule has 0 unspecified atom stereocenters. The smallest absolute Gasteiger partial charge is 0.253 e. The van der Waals surface area contributed by atoms with Crippen LogP contribution in [-0.2, 0) is 15.3 Å². The third kappa shape index (κ3) is 5.71. The van der Waals surface area contributed by atoms with E-state index in [9.17, 15) is 4.79 Å². The maximum Gasteiger partial charge on any atom is 0.253 e. The Morgan fingerprint density at radius 1 is 1.17 bits per heavy atom. The quantitative estimate of drug-likeness (QED) is 0.669. The Kier molecular flexibility index (Phi) is 7.92. The molecule has 0 bridgehead atoms. The van der Waals surface area contributed by atoms with Crippen molar-refractivity contribution in [3.63, 3.8) is 0 Å². The largest absolute Gasteiger partial charge is 0.367 e. The molecule has 0 heterocycles. The van der Waals surface area contributed by atoms with Crippen molar-refractivity contribution in [1.82, 2.24) is 5.32 Å². The minimum atomic E-state index is -0.578. The number of ether oxygens (including phenoxy) is 1. The first-order valence-corrected chi connectivity index (χ1v) is 9.40. The number of nitrogens with one attached hydrogen (secondary N) is 1. The van der Waals surface area contributed by atoms with Crippen LogP contribution in [0.1, 0.15) is 17.2 Å². The molecule has 0 radical (unpaired) electrons. The topological polar surface area (TPSA) is 38.3 Å². The summed E-state index contributed by atoms with van der Waals surface area (Å²) in [5.74, 6) is 1.50. The summed E-state index contributed by atoms with van der Waals surface area (Å²) in [5.41, 5.74) is 1.96.